The molecule has 1 heterocycles. The molecule has 0 saturated heterocycles. The summed E-state index contributed by atoms with van der Waals surface area (Å²) in [5.41, 5.74) is 4.22. The van der Waals surface area contributed by atoms with Crippen LogP contribution in [0.15, 0.2) is 40.9 Å². The lowest BCUT2D eigenvalue weighted by atomic mass is 9.84. The molecule has 1 aromatic rings. The number of rotatable bonds is 0. The quantitative estimate of drug-likeness (QED) is 0.692. The lowest BCUT2D eigenvalue weighted by molar-refractivity contribution is 0.269. The van der Waals surface area contributed by atoms with Crippen LogP contribution in [0.4, 0.5) is 0 Å². The van der Waals surface area contributed by atoms with Crippen molar-refractivity contribution in [1.82, 2.24) is 0 Å². The molecule has 0 radical (unpaired) electrons. The van der Waals surface area contributed by atoms with Gasteiger partial charge in [0.2, 0.25) is 0 Å². The van der Waals surface area contributed by atoms with Gasteiger partial charge in [0.05, 0.1) is 0 Å². The molecule has 2 unspecified atom stereocenters. The standard InChI is InChI=1S/C16H13BrO/c17-11-6-8-14-13(9-11)16-12-4-2-1-3-10(12)5-7-15(16)18-14/h2,4-9,13-14H,1,3H2. The van der Waals surface area contributed by atoms with Gasteiger partial charge in [-0.3, -0.25) is 0 Å². The summed E-state index contributed by atoms with van der Waals surface area (Å²) in [5.74, 6) is 1.41. The molecule has 2 aliphatic carbocycles. The van der Waals surface area contributed by atoms with Gasteiger partial charge in [0.1, 0.15) is 11.9 Å². The van der Waals surface area contributed by atoms with E-state index in [4.69, 9.17) is 4.74 Å². The molecule has 0 amide bonds. The average molecular weight is 301 g/mol. The van der Waals surface area contributed by atoms with E-state index in [1.807, 2.05) is 0 Å². The fraction of sp³-hybridized carbons (Fsp3) is 0.250. The maximum absolute atomic E-state index is 6.04. The van der Waals surface area contributed by atoms with Crippen molar-refractivity contribution < 1.29 is 4.74 Å². The Morgan fingerprint density at radius 2 is 2.17 bits per heavy atom. The minimum Gasteiger partial charge on any atom is -0.485 e. The minimum absolute atomic E-state index is 0.170. The zero-order valence-electron chi connectivity index (χ0n) is 9.90. The molecule has 0 spiro atoms. The molecule has 1 aromatic carbocycles. The largest absolute Gasteiger partial charge is 0.485 e. The SMILES string of the molecule is BrC1=CC2c3c(ccc4c3C=CCC4)OC2C=C1. The molecule has 0 saturated carbocycles. The Labute approximate surface area is 115 Å². The number of benzene rings is 1. The number of allylic oxidation sites excluding steroid dienone is 3. The molecule has 18 heavy (non-hydrogen) atoms. The summed E-state index contributed by atoms with van der Waals surface area (Å²) in [7, 11) is 0. The first-order chi connectivity index (χ1) is 8.83. The molecule has 2 heteroatoms. The van der Waals surface area contributed by atoms with E-state index in [1.54, 1.807) is 0 Å². The van der Waals surface area contributed by atoms with Gasteiger partial charge in [-0.2, -0.15) is 0 Å². The highest BCUT2D eigenvalue weighted by Gasteiger charge is 2.35. The smallest absolute Gasteiger partial charge is 0.128 e. The van der Waals surface area contributed by atoms with Crippen LogP contribution in [0.1, 0.15) is 29.0 Å². The van der Waals surface area contributed by atoms with E-state index in [9.17, 15) is 0 Å². The van der Waals surface area contributed by atoms with Crippen molar-refractivity contribution in [2.45, 2.75) is 24.9 Å². The van der Waals surface area contributed by atoms with Crippen molar-refractivity contribution in [3.63, 3.8) is 0 Å². The van der Waals surface area contributed by atoms with Crippen molar-refractivity contribution in [3.8, 4) is 5.75 Å². The third-order valence-corrected chi connectivity index (χ3v) is 4.47. The Hall–Kier alpha value is -1.28. The Morgan fingerprint density at radius 3 is 3.11 bits per heavy atom. The topological polar surface area (TPSA) is 9.23 Å². The van der Waals surface area contributed by atoms with Crippen molar-refractivity contribution >= 4 is 22.0 Å². The van der Waals surface area contributed by atoms with Crippen molar-refractivity contribution in [1.29, 1.82) is 0 Å². The van der Waals surface area contributed by atoms with Gasteiger partial charge in [-0.05, 0) is 42.2 Å². The zero-order valence-corrected chi connectivity index (χ0v) is 11.5. The van der Waals surface area contributed by atoms with Crippen molar-refractivity contribution in [2.75, 3.05) is 0 Å². The van der Waals surface area contributed by atoms with Crippen LogP contribution in [0.25, 0.3) is 6.08 Å². The summed E-state index contributed by atoms with van der Waals surface area (Å²) in [4.78, 5) is 0. The minimum atomic E-state index is 0.170. The number of fused-ring (bicyclic) bond motifs is 5. The van der Waals surface area contributed by atoms with E-state index in [1.165, 1.54) is 16.7 Å². The van der Waals surface area contributed by atoms with Gasteiger partial charge >= 0.3 is 0 Å². The molecule has 1 nitrogen and oxygen atoms in total. The number of hydrogen-bond donors (Lipinski definition) is 0. The zero-order chi connectivity index (χ0) is 12.1. The van der Waals surface area contributed by atoms with Crippen molar-refractivity contribution in [2.24, 2.45) is 0 Å². The fourth-order valence-electron chi connectivity index (χ4n) is 3.10. The molecular weight excluding hydrogens is 288 g/mol. The van der Waals surface area contributed by atoms with E-state index in [0.29, 0.717) is 5.92 Å². The first-order valence-corrected chi connectivity index (χ1v) is 7.17. The summed E-state index contributed by atoms with van der Waals surface area (Å²) >= 11 is 3.57. The third-order valence-electron chi connectivity index (χ3n) is 3.94. The summed E-state index contributed by atoms with van der Waals surface area (Å²) in [6.45, 7) is 0. The predicted octanol–water partition coefficient (Wildman–Crippen LogP) is 4.34. The fourth-order valence-corrected chi connectivity index (χ4v) is 3.54. The van der Waals surface area contributed by atoms with Crippen LogP contribution in [-0.4, -0.2) is 6.10 Å². The Kier molecular flexibility index (Phi) is 2.28. The second-order valence-electron chi connectivity index (χ2n) is 5.01. The van der Waals surface area contributed by atoms with Gasteiger partial charge < -0.3 is 4.74 Å². The average Bonchev–Trinajstić information content (AvgIpc) is 2.77. The van der Waals surface area contributed by atoms with Crippen LogP contribution in [0.5, 0.6) is 5.75 Å². The maximum Gasteiger partial charge on any atom is 0.128 e. The molecule has 2 atom stereocenters. The molecule has 0 N–H and O–H groups in total. The first-order valence-electron chi connectivity index (χ1n) is 6.37. The number of halogens is 1. The highest BCUT2D eigenvalue weighted by molar-refractivity contribution is 9.11. The predicted molar refractivity (Wildman–Crippen MR) is 77.1 cm³/mol. The molecule has 0 fully saturated rings. The lowest BCUT2D eigenvalue weighted by Crippen LogP contribution is -2.16. The monoisotopic (exact) mass is 300 g/mol. The Bertz CT molecular complexity index is 610. The van der Waals surface area contributed by atoms with E-state index >= 15 is 0 Å². The molecular formula is C16H13BrO. The van der Waals surface area contributed by atoms with Gasteiger partial charge in [0.25, 0.3) is 0 Å². The number of aryl methyl sites for hydroxylation is 1. The molecule has 0 bridgehead atoms. The normalized spacial score (nSPS) is 27.1. The summed E-state index contributed by atoms with van der Waals surface area (Å²) in [5, 5.41) is 0. The van der Waals surface area contributed by atoms with Crippen LogP contribution < -0.4 is 4.74 Å². The van der Waals surface area contributed by atoms with E-state index in [2.05, 4.69) is 58.4 Å². The van der Waals surface area contributed by atoms with E-state index in [-0.39, 0.29) is 6.10 Å². The lowest BCUT2D eigenvalue weighted by Gasteiger charge is -2.19. The molecule has 90 valence electrons. The van der Waals surface area contributed by atoms with Crippen LogP contribution in [0, 0.1) is 0 Å². The number of hydrogen-bond acceptors (Lipinski definition) is 1. The summed E-state index contributed by atoms with van der Waals surface area (Å²) in [6.07, 6.45) is 13.5. The summed E-state index contributed by atoms with van der Waals surface area (Å²) < 4.78 is 7.19. The second kappa shape index (κ2) is 3.86. The van der Waals surface area contributed by atoms with Gasteiger partial charge in [0.15, 0.2) is 0 Å². The Morgan fingerprint density at radius 1 is 1.22 bits per heavy atom. The second-order valence-corrected chi connectivity index (χ2v) is 5.93. The van der Waals surface area contributed by atoms with Crippen molar-refractivity contribution in [3.05, 3.63) is 57.6 Å². The van der Waals surface area contributed by atoms with Gasteiger partial charge in [0, 0.05) is 16.0 Å². The van der Waals surface area contributed by atoms with Crippen LogP contribution >= 0.6 is 15.9 Å². The third kappa shape index (κ3) is 1.45. The molecule has 4 rings (SSSR count). The van der Waals surface area contributed by atoms with Crippen LogP contribution in [-0.2, 0) is 6.42 Å². The number of ether oxygens (including phenoxy) is 1. The van der Waals surface area contributed by atoms with Gasteiger partial charge in [-0.1, -0.05) is 40.2 Å². The molecule has 3 aliphatic rings. The first kappa shape index (κ1) is 10.6. The van der Waals surface area contributed by atoms with Crippen LogP contribution in [0.2, 0.25) is 0 Å². The maximum atomic E-state index is 6.04. The van der Waals surface area contributed by atoms with E-state index in [0.717, 1.165) is 23.1 Å². The highest BCUT2D eigenvalue weighted by Crippen LogP contribution is 2.46. The van der Waals surface area contributed by atoms with Gasteiger partial charge in [-0.15, -0.1) is 0 Å². The van der Waals surface area contributed by atoms with E-state index < -0.39 is 0 Å². The van der Waals surface area contributed by atoms with Gasteiger partial charge in [-0.25, -0.2) is 0 Å². The molecule has 0 aromatic heterocycles. The molecule has 1 aliphatic heterocycles. The Balaban J connectivity index is 1.92. The van der Waals surface area contributed by atoms with Crippen LogP contribution in [0.3, 0.4) is 0 Å². The summed E-state index contributed by atoms with van der Waals surface area (Å²) in [6, 6.07) is 4.36. The highest BCUT2D eigenvalue weighted by atomic mass is 79.9.